The van der Waals surface area contributed by atoms with E-state index in [4.69, 9.17) is 5.73 Å². The van der Waals surface area contributed by atoms with Crippen molar-refractivity contribution in [2.24, 2.45) is 5.73 Å². The van der Waals surface area contributed by atoms with E-state index in [1.54, 1.807) is 18.2 Å². The molecule has 1 saturated heterocycles. The molecular weight excluding hydrogens is 250 g/mol. The lowest BCUT2D eigenvalue weighted by atomic mass is 10.0. The highest BCUT2D eigenvalue weighted by Crippen LogP contribution is 2.26. The van der Waals surface area contributed by atoms with Crippen molar-refractivity contribution in [3.63, 3.8) is 0 Å². The van der Waals surface area contributed by atoms with Crippen molar-refractivity contribution in [1.82, 2.24) is 4.90 Å². The van der Waals surface area contributed by atoms with Crippen LogP contribution < -0.4 is 10.5 Å². The van der Waals surface area contributed by atoms with Crippen LogP contribution in [0.1, 0.15) is 30.9 Å². The van der Waals surface area contributed by atoms with Crippen LogP contribution in [-0.4, -0.2) is 31.1 Å². The van der Waals surface area contributed by atoms with Crippen LogP contribution in [0.3, 0.4) is 0 Å². The Morgan fingerprint density at radius 1 is 1.16 bits per heavy atom. The van der Waals surface area contributed by atoms with Gasteiger partial charge in [0.1, 0.15) is 5.75 Å². The van der Waals surface area contributed by atoms with E-state index in [1.807, 2.05) is 0 Å². The molecule has 2 N–H and O–H groups in total. The summed E-state index contributed by atoms with van der Waals surface area (Å²) in [5.74, 6) is 0.182. The first-order chi connectivity index (χ1) is 9.16. The first kappa shape index (κ1) is 14.2. The van der Waals surface area contributed by atoms with Crippen molar-refractivity contribution < 1.29 is 13.5 Å². The summed E-state index contributed by atoms with van der Waals surface area (Å²) in [4.78, 5) is 2.29. The SMILES string of the molecule is NC(CN1CCCCC1)c1ccccc1OC(F)F. The molecule has 106 valence electrons. The van der Waals surface area contributed by atoms with Gasteiger partial charge in [0.2, 0.25) is 0 Å². The summed E-state index contributed by atoms with van der Waals surface area (Å²) in [5.41, 5.74) is 6.78. The molecule has 1 aromatic carbocycles. The van der Waals surface area contributed by atoms with Gasteiger partial charge in [-0.1, -0.05) is 24.6 Å². The Bertz CT molecular complexity index is 395. The van der Waals surface area contributed by atoms with Crippen molar-refractivity contribution in [3.8, 4) is 5.75 Å². The summed E-state index contributed by atoms with van der Waals surface area (Å²) in [5, 5.41) is 0. The number of alkyl halides is 2. The van der Waals surface area contributed by atoms with Crippen LogP contribution in [0.4, 0.5) is 8.78 Å². The predicted molar refractivity (Wildman–Crippen MR) is 70.3 cm³/mol. The molecule has 19 heavy (non-hydrogen) atoms. The maximum Gasteiger partial charge on any atom is 0.387 e. The molecule has 1 aliphatic rings. The number of halogens is 2. The third-order valence-electron chi connectivity index (χ3n) is 3.44. The number of rotatable bonds is 5. The van der Waals surface area contributed by atoms with Gasteiger partial charge in [-0.3, -0.25) is 0 Å². The molecule has 3 nitrogen and oxygen atoms in total. The predicted octanol–water partition coefficient (Wildman–Crippen LogP) is 2.77. The highest BCUT2D eigenvalue weighted by Gasteiger charge is 2.18. The fourth-order valence-electron chi connectivity index (χ4n) is 2.51. The van der Waals surface area contributed by atoms with Gasteiger partial charge in [-0.15, -0.1) is 0 Å². The molecule has 0 bridgehead atoms. The number of para-hydroxylation sites is 1. The Hall–Kier alpha value is -1.20. The molecule has 0 saturated carbocycles. The minimum absolute atomic E-state index is 0.182. The van der Waals surface area contributed by atoms with Crippen molar-refractivity contribution in [2.75, 3.05) is 19.6 Å². The topological polar surface area (TPSA) is 38.5 Å². The average Bonchev–Trinajstić information content (AvgIpc) is 2.39. The molecule has 1 aromatic rings. The number of piperidine rings is 1. The standard InChI is InChI=1S/C14H20F2N2O/c15-14(16)19-13-7-3-2-6-11(13)12(17)10-18-8-4-1-5-9-18/h2-3,6-7,12,14H,1,4-5,8-10,17H2. The first-order valence-electron chi connectivity index (χ1n) is 6.68. The minimum Gasteiger partial charge on any atom is -0.434 e. The van der Waals surface area contributed by atoms with Gasteiger partial charge >= 0.3 is 6.61 Å². The van der Waals surface area contributed by atoms with E-state index in [0.717, 1.165) is 13.1 Å². The number of likely N-dealkylation sites (tertiary alicyclic amines) is 1. The first-order valence-corrected chi connectivity index (χ1v) is 6.68. The van der Waals surface area contributed by atoms with Gasteiger partial charge in [0.05, 0.1) is 0 Å². The zero-order valence-corrected chi connectivity index (χ0v) is 10.9. The Labute approximate surface area is 112 Å². The fraction of sp³-hybridized carbons (Fsp3) is 0.571. The van der Waals surface area contributed by atoms with Crippen molar-refractivity contribution in [1.29, 1.82) is 0 Å². The van der Waals surface area contributed by atoms with E-state index in [-0.39, 0.29) is 11.8 Å². The van der Waals surface area contributed by atoms with Crippen LogP contribution in [-0.2, 0) is 0 Å². The number of nitrogens with two attached hydrogens (primary N) is 1. The Morgan fingerprint density at radius 3 is 2.53 bits per heavy atom. The molecule has 1 heterocycles. The normalized spacial score (nSPS) is 18.5. The highest BCUT2D eigenvalue weighted by molar-refractivity contribution is 5.36. The Morgan fingerprint density at radius 2 is 1.84 bits per heavy atom. The number of hydrogen-bond donors (Lipinski definition) is 1. The third-order valence-corrected chi connectivity index (χ3v) is 3.44. The van der Waals surface area contributed by atoms with Crippen LogP contribution in [0.2, 0.25) is 0 Å². The molecule has 0 aliphatic carbocycles. The molecule has 1 unspecified atom stereocenters. The lowest BCUT2D eigenvalue weighted by Gasteiger charge is -2.29. The van der Waals surface area contributed by atoms with E-state index >= 15 is 0 Å². The monoisotopic (exact) mass is 270 g/mol. The Balaban J connectivity index is 2.02. The van der Waals surface area contributed by atoms with Gasteiger partial charge in [0, 0.05) is 18.2 Å². The second-order valence-corrected chi connectivity index (χ2v) is 4.88. The van der Waals surface area contributed by atoms with Gasteiger partial charge in [0.15, 0.2) is 0 Å². The second-order valence-electron chi connectivity index (χ2n) is 4.88. The van der Waals surface area contributed by atoms with Crippen LogP contribution in [0.15, 0.2) is 24.3 Å². The average molecular weight is 270 g/mol. The van der Waals surface area contributed by atoms with E-state index in [0.29, 0.717) is 12.1 Å². The highest BCUT2D eigenvalue weighted by atomic mass is 19.3. The van der Waals surface area contributed by atoms with Gasteiger partial charge in [-0.2, -0.15) is 8.78 Å². The number of nitrogens with zero attached hydrogens (tertiary/aromatic N) is 1. The molecule has 1 atom stereocenters. The van der Waals surface area contributed by atoms with Crippen LogP contribution in [0.25, 0.3) is 0 Å². The van der Waals surface area contributed by atoms with Gasteiger partial charge in [0.25, 0.3) is 0 Å². The van der Waals surface area contributed by atoms with Crippen molar-refractivity contribution in [2.45, 2.75) is 31.9 Å². The quantitative estimate of drug-likeness (QED) is 0.894. The third kappa shape index (κ3) is 4.14. The summed E-state index contributed by atoms with van der Waals surface area (Å²) in [6.07, 6.45) is 3.63. The molecule has 0 amide bonds. The summed E-state index contributed by atoms with van der Waals surface area (Å²) in [6.45, 7) is -0.0656. The molecule has 5 heteroatoms. The fourth-order valence-corrected chi connectivity index (χ4v) is 2.51. The van der Waals surface area contributed by atoms with Crippen LogP contribution in [0, 0.1) is 0 Å². The van der Waals surface area contributed by atoms with Crippen LogP contribution >= 0.6 is 0 Å². The zero-order chi connectivity index (χ0) is 13.7. The van der Waals surface area contributed by atoms with E-state index in [2.05, 4.69) is 9.64 Å². The molecule has 2 rings (SSSR count). The van der Waals surface area contributed by atoms with Gasteiger partial charge < -0.3 is 15.4 Å². The summed E-state index contributed by atoms with van der Waals surface area (Å²) in [7, 11) is 0. The summed E-state index contributed by atoms with van der Waals surface area (Å²) < 4.78 is 29.2. The lowest BCUT2D eigenvalue weighted by molar-refractivity contribution is -0.0507. The smallest absolute Gasteiger partial charge is 0.387 e. The van der Waals surface area contributed by atoms with E-state index in [9.17, 15) is 8.78 Å². The minimum atomic E-state index is -2.82. The molecule has 0 aromatic heterocycles. The molecule has 0 spiro atoms. The van der Waals surface area contributed by atoms with Gasteiger partial charge in [-0.05, 0) is 32.0 Å². The number of ether oxygens (including phenoxy) is 1. The van der Waals surface area contributed by atoms with Crippen molar-refractivity contribution in [3.05, 3.63) is 29.8 Å². The van der Waals surface area contributed by atoms with E-state index < -0.39 is 6.61 Å². The lowest BCUT2D eigenvalue weighted by Crippen LogP contribution is -2.36. The number of benzene rings is 1. The van der Waals surface area contributed by atoms with E-state index in [1.165, 1.54) is 25.3 Å². The molecule has 1 fully saturated rings. The largest absolute Gasteiger partial charge is 0.434 e. The maximum absolute atomic E-state index is 12.3. The summed E-state index contributed by atoms with van der Waals surface area (Å²) in [6, 6.07) is 6.47. The van der Waals surface area contributed by atoms with Gasteiger partial charge in [-0.25, -0.2) is 0 Å². The second kappa shape index (κ2) is 6.82. The zero-order valence-electron chi connectivity index (χ0n) is 10.9. The number of hydrogen-bond acceptors (Lipinski definition) is 3. The summed E-state index contributed by atoms with van der Waals surface area (Å²) >= 11 is 0. The Kier molecular flexibility index (Phi) is 5.10. The molecular formula is C14H20F2N2O. The van der Waals surface area contributed by atoms with Crippen molar-refractivity contribution >= 4 is 0 Å². The molecule has 0 radical (unpaired) electrons. The maximum atomic E-state index is 12.3. The van der Waals surface area contributed by atoms with Crippen LogP contribution in [0.5, 0.6) is 5.75 Å². The molecule has 1 aliphatic heterocycles.